The first-order valence-corrected chi connectivity index (χ1v) is 13.6. The lowest BCUT2D eigenvalue weighted by Gasteiger charge is -2.28. The highest BCUT2D eigenvalue weighted by Gasteiger charge is 2.74. The summed E-state index contributed by atoms with van der Waals surface area (Å²) < 4.78 is 8.05. The van der Waals surface area contributed by atoms with E-state index in [0.29, 0.717) is 5.92 Å². The Morgan fingerprint density at radius 1 is 1.00 bits per heavy atom. The third-order valence-electron chi connectivity index (χ3n) is 8.71. The molecule has 36 heavy (non-hydrogen) atoms. The van der Waals surface area contributed by atoms with Crippen LogP contribution in [0.15, 0.2) is 76.6 Å². The van der Waals surface area contributed by atoms with Crippen molar-refractivity contribution in [2.75, 3.05) is 7.11 Å². The maximum atomic E-state index is 11.6. The molecule has 4 aromatic rings. The molecule has 3 heterocycles. The molecule has 4 aliphatic rings. The number of nitrogens with zero attached hydrogens (tertiary/aromatic N) is 2. The minimum Gasteiger partial charge on any atom is -0.362 e. The van der Waals surface area contributed by atoms with Gasteiger partial charge in [-0.1, -0.05) is 91.3 Å². The van der Waals surface area contributed by atoms with E-state index in [0.717, 1.165) is 0 Å². The van der Waals surface area contributed by atoms with Crippen LogP contribution in [-0.2, 0) is 4.74 Å². The van der Waals surface area contributed by atoms with Crippen LogP contribution in [0, 0.1) is 0 Å². The van der Waals surface area contributed by atoms with Gasteiger partial charge in [-0.15, -0.1) is 0 Å². The predicted octanol–water partition coefficient (Wildman–Crippen LogP) is 5.99. The molecule has 0 saturated heterocycles. The van der Waals surface area contributed by atoms with E-state index in [1.807, 2.05) is 18.1 Å². The van der Waals surface area contributed by atoms with Gasteiger partial charge in [0.15, 0.2) is 6.04 Å². The van der Waals surface area contributed by atoms with Crippen molar-refractivity contribution < 1.29 is 14.4 Å². The van der Waals surface area contributed by atoms with E-state index in [1.165, 1.54) is 54.4 Å². The van der Waals surface area contributed by atoms with E-state index in [4.69, 9.17) is 9.73 Å². The zero-order valence-electron chi connectivity index (χ0n) is 20.5. The molecular weight excluding hydrogens is 464 g/mol. The topological polar surface area (TPSA) is 44.8 Å². The highest BCUT2D eigenvalue weighted by molar-refractivity contribution is 8.00. The Kier molecular flexibility index (Phi) is 4.15. The van der Waals surface area contributed by atoms with E-state index in [1.54, 1.807) is 7.11 Å². The van der Waals surface area contributed by atoms with Crippen LogP contribution in [0.25, 0.3) is 21.5 Å². The Bertz CT molecular complexity index is 1690. The number of aliphatic hydroxyl groups is 1. The standard InChI is InChI=1S/C31H27N2O2S/c1-16(2)21-14-22-24(20-11-7-6-10-19(20)21)28-26-25-18-9-5-4-8-17(18)12-13-23(25)36-30(26)32-15-33(28)29-27(22)31(29,34)35-3/h4-16,26-27,29-30,34H,1-3H3/q+1. The second kappa shape index (κ2) is 7.06. The zero-order valence-corrected chi connectivity index (χ0v) is 21.3. The lowest BCUT2D eigenvalue weighted by atomic mass is 9.78. The van der Waals surface area contributed by atoms with Gasteiger partial charge in [0.1, 0.15) is 11.6 Å². The number of hydrogen-bond acceptors (Lipinski definition) is 4. The average Bonchev–Trinajstić information content (AvgIpc) is 3.35. The summed E-state index contributed by atoms with van der Waals surface area (Å²) in [6.07, 6.45) is 1.97. The number of thioether (sulfide) groups is 1. The van der Waals surface area contributed by atoms with Crippen molar-refractivity contribution in [3.63, 3.8) is 0 Å². The second-order valence-electron chi connectivity index (χ2n) is 10.8. The fourth-order valence-electron chi connectivity index (χ4n) is 7.06. The molecule has 1 fully saturated rings. The van der Waals surface area contributed by atoms with Crippen molar-refractivity contribution in [2.24, 2.45) is 4.99 Å². The molecule has 178 valence electrons. The average molecular weight is 492 g/mol. The van der Waals surface area contributed by atoms with Crippen molar-refractivity contribution in [3.05, 3.63) is 89.0 Å². The molecule has 1 N–H and O–H groups in total. The van der Waals surface area contributed by atoms with Crippen LogP contribution in [0.2, 0.25) is 0 Å². The maximum absolute atomic E-state index is 11.6. The number of fused-ring (bicyclic) bond motifs is 13. The van der Waals surface area contributed by atoms with Crippen LogP contribution in [0.4, 0.5) is 0 Å². The third kappa shape index (κ3) is 2.49. The summed E-state index contributed by atoms with van der Waals surface area (Å²) in [5.41, 5.74) is 6.42. The molecule has 0 spiro atoms. The van der Waals surface area contributed by atoms with E-state index >= 15 is 0 Å². The van der Waals surface area contributed by atoms with Crippen molar-refractivity contribution in [2.45, 2.75) is 53.7 Å². The van der Waals surface area contributed by atoms with E-state index < -0.39 is 5.79 Å². The van der Waals surface area contributed by atoms with Crippen molar-refractivity contribution in [1.29, 1.82) is 0 Å². The Balaban J connectivity index is 1.49. The molecule has 0 amide bonds. The molecule has 4 nitrogen and oxygen atoms in total. The van der Waals surface area contributed by atoms with E-state index in [9.17, 15) is 5.11 Å². The molecular formula is C31H27N2O2S+. The van der Waals surface area contributed by atoms with Gasteiger partial charge in [-0.05, 0) is 50.2 Å². The Hall–Kier alpha value is -2.99. The lowest BCUT2D eigenvalue weighted by molar-refractivity contribution is -0.443. The molecule has 1 saturated carbocycles. The first kappa shape index (κ1) is 21.1. The number of aliphatic imine (C=N–C) groups is 1. The van der Waals surface area contributed by atoms with Gasteiger partial charge in [-0.2, -0.15) is 0 Å². The van der Waals surface area contributed by atoms with Crippen molar-refractivity contribution in [3.8, 4) is 0 Å². The van der Waals surface area contributed by atoms with Gasteiger partial charge in [0, 0.05) is 17.6 Å². The van der Waals surface area contributed by atoms with Crippen LogP contribution in [0.1, 0.15) is 53.9 Å². The van der Waals surface area contributed by atoms with Crippen LogP contribution in [0.3, 0.4) is 0 Å². The Morgan fingerprint density at radius 3 is 2.53 bits per heavy atom. The van der Waals surface area contributed by atoms with Gasteiger partial charge in [0.25, 0.3) is 6.34 Å². The molecule has 0 bridgehead atoms. The highest BCUT2D eigenvalue weighted by atomic mass is 32.2. The maximum Gasteiger partial charge on any atom is 0.282 e. The lowest BCUT2D eigenvalue weighted by Crippen LogP contribution is -2.40. The minimum absolute atomic E-state index is 0.0828. The Labute approximate surface area is 214 Å². The van der Waals surface area contributed by atoms with Crippen molar-refractivity contribution in [1.82, 2.24) is 0 Å². The first-order valence-electron chi connectivity index (χ1n) is 12.7. The van der Waals surface area contributed by atoms with Gasteiger partial charge in [-0.25, -0.2) is 4.58 Å². The smallest absolute Gasteiger partial charge is 0.282 e. The largest absolute Gasteiger partial charge is 0.362 e. The van der Waals surface area contributed by atoms with E-state index in [-0.39, 0.29) is 23.3 Å². The summed E-state index contributed by atoms with van der Waals surface area (Å²) in [6.45, 7) is 4.51. The van der Waals surface area contributed by atoms with Gasteiger partial charge in [0.05, 0.1) is 5.92 Å². The fourth-order valence-corrected chi connectivity index (χ4v) is 8.35. The zero-order chi connectivity index (χ0) is 24.3. The number of rotatable bonds is 2. The molecule has 5 unspecified atom stereocenters. The van der Waals surface area contributed by atoms with Crippen molar-refractivity contribution >= 4 is 45.4 Å². The van der Waals surface area contributed by atoms with Gasteiger partial charge in [0.2, 0.25) is 11.2 Å². The SMILES string of the molecule is COC1(O)C2c3cc(C(C)C)c4ccccc4c3C3=[N+](C=NC4Sc5ccc6ccccc6c5C34)C21. The first-order chi connectivity index (χ1) is 17.5. The molecule has 1 aliphatic carbocycles. The van der Waals surface area contributed by atoms with Crippen LogP contribution in [0.5, 0.6) is 0 Å². The van der Waals surface area contributed by atoms with Gasteiger partial charge in [-0.3, -0.25) is 0 Å². The summed E-state index contributed by atoms with van der Waals surface area (Å²) >= 11 is 1.86. The minimum atomic E-state index is -1.22. The number of methoxy groups -OCH3 is 1. The third-order valence-corrected chi connectivity index (χ3v) is 9.95. The molecule has 5 atom stereocenters. The fraction of sp³-hybridized carbons (Fsp3) is 0.290. The molecule has 3 aliphatic heterocycles. The van der Waals surface area contributed by atoms with Crippen LogP contribution in [-0.4, -0.2) is 46.0 Å². The summed E-state index contributed by atoms with van der Waals surface area (Å²) in [5, 5.41) is 16.8. The summed E-state index contributed by atoms with van der Waals surface area (Å²) in [4.78, 5) is 6.35. The van der Waals surface area contributed by atoms with Crippen LogP contribution < -0.4 is 0 Å². The number of benzene rings is 4. The normalized spacial score (nSPS) is 29.2. The van der Waals surface area contributed by atoms with Crippen LogP contribution >= 0.6 is 11.8 Å². The quantitative estimate of drug-likeness (QED) is 0.277. The predicted molar refractivity (Wildman–Crippen MR) is 146 cm³/mol. The summed E-state index contributed by atoms with van der Waals surface area (Å²) in [7, 11) is 1.63. The van der Waals surface area contributed by atoms with Gasteiger partial charge >= 0.3 is 0 Å². The molecule has 0 aromatic heterocycles. The number of hydrogen-bond donors (Lipinski definition) is 1. The number of ether oxygens (including phenoxy) is 1. The second-order valence-corrected chi connectivity index (χ2v) is 11.9. The molecule has 4 aromatic carbocycles. The monoisotopic (exact) mass is 491 g/mol. The molecule has 0 radical (unpaired) electrons. The summed E-state index contributed by atoms with van der Waals surface area (Å²) in [6, 6.07) is 24.1. The highest BCUT2D eigenvalue weighted by Crippen LogP contribution is 2.61. The summed E-state index contributed by atoms with van der Waals surface area (Å²) in [5.74, 6) is -0.842. The van der Waals surface area contributed by atoms with E-state index in [2.05, 4.69) is 85.2 Å². The molecule has 5 heteroatoms. The Morgan fingerprint density at radius 2 is 1.75 bits per heavy atom. The molecule has 8 rings (SSSR count). The van der Waals surface area contributed by atoms with Gasteiger partial charge < -0.3 is 9.84 Å².